The number of hydrogen-bond donors (Lipinski definition) is 0. The van der Waals surface area contributed by atoms with Gasteiger partial charge in [0.2, 0.25) is 0 Å². The van der Waals surface area contributed by atoms with Gasteiger partial charge in [0, 0.05) is 25.2 Å². The van der Waals surface area contributed by atoms with E-state index in [2.05, 4.69) is 11.0 Å². The SMILES string of the molecule is COc1cccc(C2CCN2C(=O)c2ccc(N3CCCC3)c(Cl)c2)c1. The van der Waals surface area contributed by atoms with Gasteiger partial charge >= 0.3 is 0 Å². The zero-order valence-electron chi connectivity index (χ0n) is 15.0. The summed E-state index contributed by atoms with van der Waals surface area (Å²) in [5.41, 5.74) is 2.81. The summed E-state index contributed by atoms with van der Waals surface area (Å²) in [5, 5.41) is 0.663. The first-order valence-corrected chi connectivity index (χ1v) is 9.54. The number of halogens is 1. The summed E-state index contributed by atoms with van der Waals surface area (Å²) in [6.45, 7) is 2.85. The number of ether oxygens (including phenoxy) is 1. The standard InChI is InChI=1S/C21H23ClN2O2/c1-26-17-6-4-5-15(13-17)19-9-12-24(19)21(25)16-7-8-20(18(22)14-16)23-10-2-3-11-23/h4-8,13-14,19H,2-3,9-12H2,1H3. The van der Waals surface area contributed by atoms with Gasteiger partial charge in [0.1, 0.15) is 5.75 Å². The third kappa shape index (κ3) is 3.14. The molecule has 4 nitrogen and oxygen atoms in total. The van der Waals surface area contributed by atoms with Crippen LogP contribution in [0.4, 0.5) is 5.69 Å². The fourth-order valence-corrected chi connectivity index (χ4v) is 4.15. The van der Waals surface area contributed by atoms with Crippen LogP contribution >= 0.6 is 11.6 Å². The van der Waals surface area contributed by atoms with Gasteiger partial charge < -0.3 is 14.5 Å². The van der Waals surface area contributed by atoms with Crippen LogP contribution in [0.25, 0.3) is 0 Å². The second kappa shape index (κ2) is 7.20. The quantitative estimate of drug-likeness (QED) is 0.792. The molecule has 5 heteroatoms. The van der Waals surface area contributed by atoms with Gasteiger partial charge in [-0.05, 0) is 55.2 Å². The number of carbonyl (C=O) groups excluding carboxylic acids is 1. The van der Waals surface area contributed by atoms with E-state index in [0.717, 1.165) is 43.1 Å². The van der Waals surface area contributed by atoms with Crippen LogP contribution in [0.2, 0.25) is 5.02 Å². The van der Waals surface area contributed by atoms with E-state index in [1.54, 1.807) is 7.11 Å². The van der Waals surface area contributed by atoms with E-state index in [-0.39, 0.29) is 11.9 Å². The normalized spacial score (nSPS) is 19.4. The lowest BCUT2D eigenvalue weighted by Crippen LogP contribution is -2.45. The Hall–Kier alpha value is -2.20. The molecule has 2 fully saturated rings. The Morgan fingerprint density at radius 1 is 1.12 bits per heavy atom. The minimum atomic E-state index is 0.0407. The van der Waals surface area contributed by atoms with Crippen molar-refractivity contribution < 1.29 is 9.53 Å². The van der Waals surface area contributed by atoms with Gasteiger partial charge in [-0.2, -0.15) is 0 Å². The molecule has 0 spiro atoms. The molecule has 0 aliphatic carbocycles. The summed E-state index contributed by atoms with van der Waals surface area (Å²) in [6, 6.07) is 13.8. The molecule has 0 bridgehead atoms. The van der Waals surface area contributed by atoms with E-state index in [1.807, 2.05) is 41.3 Å². The molecule has 0 radical (unpaired) electrons. The fraction of sp³-hybridized carbons (Fsp3) is 0.381. The first-order chi connectivity index (χ1) is 12.7. The van der Waals surface area contributed by atoms with Crippen molar-refractivity contribution in [1.29, 1.82) is 0 Å². The van der Waals surface area contributed by atoms with Crippen molar-refractivity contribution in [3.05, 3.63) is 58.6 Å². The number of benzene rings is 2. The van der Waals surface area contributed by atoms with Gasteiger partial charge in [-0.25, -0.2) is 0 Å². The highest BCUT2D eigenvalue weighted by Gasteiger charge is 2.34. The van der Waals surface area contributed by atoms with E-state index in [4.69, 9.17) is 16.3 Å². The highest BCUT2D eigenvalue weighted by atomic mass is 35.5. The third-order valence-corrected chi connectivity index (χ3v) is 5.70. The van der Waals surface area contributed by atoms with E-state index in [0.29, 0.717) is 10.6 Å². The molecule has 1 amide bonds. The molecule has 0 saturated carbocycles. The van der Waals surface area contributed by atoms with Crippen molar-refractivity contribution in [1.82, 2.24) is 4.90 Å². The highest BCUT2D eigenvalue weighted by molar-refractivity contribution is 6.33. The van der Waals surface area contributed by atoms with E-state index < -0.39 is 0 Å². The lowest BCUT2D eigenvalue weighted by atomic mass is 9.93. The van der Waals surface area contributed by atoms with E-state index >= 15 is 0 Å². The van der Waals surface area contributed by atoms with E-state index in [1.165, 1.54) is 12.8 Å². The molecule has 2 saturated heterocycles. The molecule has 26 heavy (non-hydrogen) atoms. The highest BCUT2D eigenvalue weighted by Crippen LogP contribution is 2.37. The van der Waals surface area contributed by atoms with Gasteiger partial charge in [0.05, 0.1) is 23.9 Å². The maximum absolute atomic E-state index is 13.0. The van der Waals surface area contributed by atoms with Crippen molar-refractivity contribution >= 4 is 23.2 Å². The lowest BCUT2D eigenvalue weighted by molar-refractivity contribution is 0.0460. The summed E-state index contributed by atoms with van der Waals surface area (Å²) in [4.78, 5) is 17.2. The number of hydrogen-bond acceptors (Lipinski definition) is 3. The van der Waals surface area contributed by atoms with Gasteiger partial charge in [-0.3, -0.25) is 4.79 Å². The van der Waals surface area contributed by atoms with Gasteiger partial charge in [-0.1, -0.05) is 23.7 Å². The first-order valence-electron chi connectivity index (χ1n) is 9.17. The van der Waals surface area contributed by atoms with Crippen LogP contribution < -0.4 is 9.64 Å². The summed E-state index contributed by atoms with van der Waals surface area (Å²) >= 11 is 6.48. The molecule has 0 aromatic heterocycles. The number of rotatable bonds is 4. The third-order valence-electron chi connectivity index (χ3n) is 5.40. The predicted octanol–water partition coefficient (Wildman–Crippen LogP) is 4.54. The van der Waals surface area contributed by atoms with Crippen molar-refractivity contribution in [2.75, 3.05) is 31.6 Å². The van der Waals surface area contributed by atoms with Crippen LogP contribution in [0.1, 0.15) is 41.2 Å². The Balaban J connectivity index is 1.52. The Morgan fingerprint density at radius 2 is 1.92 bits per heavy atom. The summed E-state index contributed by atoms with van der Waals surface area (Å²) in [5.74, 6) is 0.860. The smallest absolute Gasteiger partial charge is 0.254 e. The minimum absolute atomic E-state index is 0.0407. The van der Waals surface area contributed by atoms with Crippen LogP contribution in [0.15, 0.2) is 42.5 Å². The molecule has 1 unspecified atom stereocenters. The first kappa shape index (κ1) is 17.2. The molecule has 2 aliphatic rings. The average molecular weight is 371 g/mol. The molecule has 2 aliphatic heterocycles. The molecular weight excluding hydrogens is 348 g/mol. The van der Waals surface area contributed by atoms with Gasteiger partial charge in [-0.15, -0.1) is 0 Å². The minimum Gasteiger partial charge on any atom is -0.497 e. The zero-order valence-corrected chi connectivity index (χ0v) is 15.7. The monoisotopic (exact) mass is 370 g/mol. The second-order valence-electron chi connectivity index (χ2n) is 6.94. The van der Waals surface area contributed by atoms with Crippen LogP contribution in [0.3, 0.4) is 0 Å². The number of anilines is 1. The Bertz CT molecular complexity index is 817. The topological polar surface area (TPSA) is 32.8 Å². The van der Waals surface area contributed by atoms with Crippen molar-refractivity contribution in [2.45, 2.75) is 25.3 Å². The van der Waals surface area contributed by atoms with Gasteiger partial charge in [0.15, 0.2) is 0 Å². The number of methoxy groups -OCH3 is 1. The molecule has 4 rings (SSSR count). The molecule has 1 atom stereocenters. The molecular formula is C21H23ClN2O2. The number of likely N-dealkylation sites (tertiary alicyclic amines) is 1. The Kier molecular flexibility index (Phi) is 4.77. The van der Waals surface area contributed by atoms with Gasteiger partial charge in [0.25, 0.3) is 5.91 Å². The Labute approximate surface area is 159 Å². The summed E-state index contributed by atoms with van der Waals surface area (Å²) in [7, 11) is 1.66. The van der Waals surface area contributed by atoms with Crippen LogP contribution in [0.5, 0.6) is 5.75 Å². The molecule has 2 aromatic rings. The van der Waals surface area contributed by atoms with Crippen molar-refractivity contribution in [2.24, 2.45) is 0 Å². The van der Waals surface area contributed by atoms with Crippen LogP contribution in [-0.4, -0.2) is 37.6 Å². The van der Waals surface area contributed by atoms with Crippen molar-refractivity contribution in [3.63, 3.8) is 0 Å². The number of carbonyl (C=O) groups is 1. The maximum Gasteiger partial charge on any atom is 0.254 e. The summed E-state index contributed by atoms with van der Waals surface area (Å²) < 4.78 is 5.31. The maximum atomic E-state index is 13.0. The number of amides is 1. The van der Waals surface area contributed by atoms with Crippen LogP contribution in [0, 0.1) is 0 Å². The lowest BCUT2D eigenvalue weighted by Gasteiger charge is -2.41. The largest absolute Gasteiger partial charge is 0.497 e. The summed E-state index contributed by atoms with van der Waals surface area (Å²) in [6.07, 6.45) is 3.37. The van der Waals surface area contributed by atoms with E-state index in [9.17, 15) is 4.79 Å². The molecule has 2 heterocycles. The Morgan fingerprint density at radius 3 is 2.58 bits per heavy atom. The number of nitrogens with zero attached hydrogens (tertiary/aromatic N) is 2. The second-order valence-corrected chi connectivity index (χ2v) is 7.35. The van der Waals surface area contributed by atoms with Crippen LogP contribution in [-0.2, 0) is 0 Å². The zero-order chi connectivity index (χ0) is 18.1. The molecule has 136 valence electrons. The average Bonchev–Trinajstić information content (AvgIpc) is 3.15. The fourth-order valence-electron chi connectivity index (χ4n) is 3.85. The molecule has 0 N–H and O–H groups in total. The molecule has 2 aromatic carbocycles. The van der Waals surface area contributed by atoms with Crippen molar-refractivity contribution in [3.8, 4) is 5.75 Å². The predicted molar refractivity (Wildman–Crippen MR) is 104 cm³/mol.